The van der Waals surface area contributed by atoms with E-state index in [0.717, 1.165) is 18.8 Å². The largest absolute Gasteiger partial charge is 0.365 e. The number of likely N-dealkylation sites (tertiary alicyclic amines) is 1. The minimum atomic E-state index is 0.322. The van der Waals surface area contributed by atoms with Crippen LogP contribution in [0, 0.1) is 6.92 Å². The lowest BCUT2D eigenvalue weighted by molar-refractivity contribution is 0.309. The Bertz CT molecular complexity index is 597. The molecule has 0 aliphatic carbocycles. The van der Waals surface area contributed by atoms with Gasteiger partial charge in [0.05, 0.1) is 6.04 Å². The molecule has 0 unspecified atom stereocenters. The summed E-state index contributed by atoms with van der Waals surface area (Å²) < 4.78 is 0. The zero-order valence-electron chi connectivity index (χ0n) is 12.3. The molecular formula is C16H19ClN4. The Morgan fingerprint density at radius 3 is 2.71 bits per heavy atom. The molecule has 4 nitrogen and oxygen atoms in total. The molecule has 1 saturated heterocycles. The van der Waals surface area contributed by atoms with Crippen molar-refractivity contribution in [3.8, 4) is 0 Å². The number of benzene rings is 1. The second-order valence-electron chi connectivity index (χ2n) is 5.50. The Morgan fingerprint density at radius 2 is 2.00 bits per heavy atom. The maximum absolute atomic E-state index is 6.02. The molecule has 0 radical (unpaired) electrons. The van der Waals surface area contributed by atoms with Gasteiger partial charge in [0.1, 0.15) is 16.8 Å². The van der Waals surface area contributed by atoms with Gasteiger partial charge < -0.3 is 5.32 Å². The van der Waals surface area contributed by atoms with Crippen LogP contribution in [0.4, 0.5) is 5.82 Å². The molecule has 1 N–H and O–H groups in total. The van der Waals surface area contributed by atoms with Crippen molar-refractivity contribution in [2.75, 3.05) is 18.9 Å². The summed E-state index contributed by atoms with van der Waals surface area (Å²) in [6.45, 7) is 2.92. The Balaban J connectivity index is 1.84. The van der Waals surface area contributed by atoms with Crippen molar-refractivity contribution in [2.45, 2.75) is 25.4 Å². The van der Waals surface area contributed by atoms with Crippen molar-refractivity contribution in [2.24, 2.45) is 0 Å². The number of halogens is 1. The van der Waals surface area contributed by atoms with E-state index in [0.29, 0.717) is 23.1 Å². The normalized spacial score (nSPS) is 22.4. The van der Waals surface area contributed by atoms with Crippen molar-refractivity contribution in [3.05, 3.63) is 52.9 Å². The average Bonchev–Trinajstić information content (AvgIpc) is 2.79. The van der Waals surface area contributed by atoms with Crippen LogP contribution in [0.2, 0.25) is 5.15 Å². The van der Waals surface area contributed by atoms with Gasteiger partial charge in [-0.05, 0) is 26.0 Å². The van der Waals surface area contributed by atoms with Crippen LogP contribution in [0.25, 0.3) is 0 Å². The van der Waals surface area contributed by atoms with Crippen molar-refractivity contribution in [1.29, 1.82) is 0 Å². The van der Waals surface area contributed by atoms with Gasteiger partial charge in [0, 0.05) is 18.7 Å². The summed E-state index contributed by atoms with van der Waals surface area (Å²) in [4.78, 5) is 10.9. The summed E-state index contributed by atoms with van der Waals surface area (Å²) in [5.74, 6) is 1.49. The second-order valence-corrected chi connectivity index (χ2v) is 5.89. The molecular weight excluding hydrogens is 284 g/mol. The highest BCUT2D eigenvalue weighted by Crippen LogP contribution is 2.32. The van der Waals surface area contributed by atoms with Crippen LogP contribution in [-0.2, 0) is 0 Å². The fraction of sp³-hybridized carbons (Fsp3) is 0.375. The van der Waals surface area contributed by atoms with Gasteiger partial charge in [0.15, 0.2) is 0 Å². The predicted molar refractivity (Wildman–Crippen MR) is 85.6 cm³/mol. The van der Waals surface area contributed by atoms with E-state index in [2.05, 4.69) is 57.6 Å². The molecule has 1 fully saturated rings. The van der Waals surface area contributed by atoms with E-state index in [1.54, 1.807) is 6.07 Å². The molecule has 2 atom stereocenters. The van der Waals surface area contributed by atoms with Crippen LogP contribution >= 0.6 is 11.6 Å². The van der Waals surface area contributed by atoms with Gasteiger partial charge in [-0.3, -0.25) is 4.90 Å². The molecule has 21 heavy (non-hydrogen) atoms. The number of hydrogen-bond acceptors (Lipinski definition) is 4. The van der Waals surface area contributed by atoms with Crippen LogP contribution < -0.4 is 5.32 Å². The molecule has 0 spiro atoms. The third kappa shape index (κ3) is 3.17. The number of nitrogens with zero attached hydrogens (tertiary/aromatic N) is 3. The summed E-state index contributed by atoms with van der Waals surface area (Å²) in [7, 11) is 2.16. The number of likely N-dealkylation sites (N-methyl/N-ethyl adjacent to an activating group) is 1. The minimum absolute atomic E-state index is 0.322. The highest BCUT2D eigenvalue weighted by Gasteiger charge is 2.33. The van der Waals surface area contributed by atoms with Gasteiger partial charge in [-0.1, -0.05) is 41.9 Å². The predicted octanol–water partition coefficient (Wildman–Crippen LogP) is 3.30. The topological polar surface area (TPSA) is 41.1 Å². The van der Waals surface area contributed by atoms with Gasteiger partial charge in [0.25, 0.3) is 0 Å². The molecule has 2 heterocycles. The first kappa shape index (κ1) is 14.3. The highest BCUT2D eigenvalue weighted by molar-refractivity contribution is 6.29. The summed E-state index contributed by atoms with van der Waals surface area (Å²) >= 11 is 6.02. The maximum atomic E-state index is 6.02. The Hall–Kier alpha value is -1.65. The van der Waals surface area contributed by atoms with Gasteiger partial charge in [-0.2, -0.15) is 0 Å². The van der Waals surface area contributed by atoms with E-state index in [4.69, 9.17) is 11.6 Å². The molecule has 0 bridgehead atoms. The molecule has 3 rings (SSSR count). The van der Waals surface area contributed by atoms with Crippen LogP contribution in [-0.4, -0.2) is 34.5 Å². The highest BCUT2D eigenvalue weighted by atomic mass is 35.5. The molecule has 1 aliphatic rings. The zero-order valence-corrected chi connectivity index (χ0v) is 13.0. The third-order valence-electron chi connectivity index (χ3n) is 3.93. The number of anilines is 1. The fourth-order valence-electron chi connectivity index (χ4n) is 3.03. The lowest BCUT2D eigenvalue weighted by Gasteiger charge is -2.26. The fourth-order valence-corrected chi connectivity index (χ4v) is 3.26. The third-order valence-corrected chi connectivity index (χ3v) is 4.12. The van der Waals surface area contributed by atoms with E-state index in [9.17, 15) is 0 Å². The number of aromatic nitrogens is 2. The number of aryl methyl sites for hydroxylation is 1. The average molecular weight is 303 g/mol. The summed E-state index contributed by atoms with van der Waals surface area (Å²) in [5.41, 5.74) is 1.33. The maximum Gasteiger partial charge on any atom is 0.134 e. The molecule has 110 valence electrons. The van der Waals surface area contributed by atoms with Crippen LogP contribution in [0.3, 0.4) is 0 Å². The number of nitrogens with one attached hydrogen (secondary N) is 1. The molecule has 1 aliphatic heterocycles. The number of hydrogen-bond donors (Lipinski definition) is 1. The monoisotopic (exact) mass is 302 g/mol. The van der Waals surface area contributed by atoms with E-state index in [1.165, 1.54) is 5.56 Å². The van der Waals surface area contributed by atoms with Crippen molar-refractivity contribution in [1.82, 2.24) is 14.9 Å². The molecule has 0 amide bonds. The van der Waals surface area contributed by atoms with E-state index in [-0.39, 0.29) is 0 Å². The van der Waals surface area contributed by atoms with Gasteiger partial charge >= 0.3 is 0 Å². The lowest BCUT2D eigenvalue weighted by atomic mass is 10.0. The second kappa shape index (κ2) is 6.00. The standard InChI is InChI=1S/C16H19ClN4/c1-11-18-14(17)10-15(19-11)20-13-8-9-21(2)16(13)12-6-4-3-5-7-12/h3-7,10,13,16H,8-9H2,1-2H3,(H,18,19,20)/t13-,16-/m0/s1. The molecule has 1 aromatic heterocycles. The van der Waals surface area contributed by atoms with E-state index >= 15 is 0 Å². The summed E-state index contributed by atoms with van der Waals surface area (Å²) in [5, 5.41) is 4.00. The van der Waals surface area contributed by atoms with Gasteiger partial charge in [0.2, 0.25) is 0 Å². The number of rotatable bonds is 3. The first-order valence-corrected chi connectivity index (χ1v) is 7.54. The van der Waals surface area contributed by atoms with Crippen LogP contribution in [0.1, 0.15) is 23.9 Å². The first-order valence-electron chi connectivity index (χ1n) is 7.16. The minimum Gasteiger partial charge on any atom is -0.365 e. The molecule has 1 aromatic carbocycles. The van der Waals surface area contributed by atoms with Gasteiger partial charge in [-0.25, -0.2) is 9.97 Å². The van der Waals surface area contributed by atoms with E-state index < -0.39 is 0 Å². The van der Waals surface area contributed by atoms with Crippen molar-refractivity contribution in [3.63, 3.8) is 0 Å². The van der Waals surface area contributed by atoms with Gasteiger partial charge in [-0.15, -0.1) is 0 Å². The zero-order chi connectivity index (χ0) is 14.8. The van der Waals surface area contributed by atoms with Crippen molar-refractivity contribution < 1.29 is 0 Å². The Morgan fingerprint density at radius 1 is 1.24 bits per heavy atom. The van der Waals surface area contributed by atoms with Crippen LogP contribution in [0.5, 0.6) is 0 Å². The van der Waals surface area contributed by atoms with Crippen LogP contribution in [0.15, 0.2) is 36.4 Å². The quantitative estimate of drug-likeness (QED) is 0.883. The first-order chi connectivity index (χ1) is 10.1. The Labute approximate surface area is 130 Å². The SMILES string of the molecule is Cc1nc(Cl)cc(N[C@H]2CCN(C)[C@H]2c2ccccc2)n1. The summed E-state index contributed by atoms with van der Waals surface area (Å²) in [6, 6.07) is 13.0. The smallest absolute Gasteiger partial charge is 0.134 e. The summed E-state index contributed by atoms with van der Waals surface area (Å²) in [6.07, 6.45) is 1.08. The van der Waals surface area contributed by atoms with E-state index in [1.807, 2.05) is 6.92 Å². The van der Waals surface area contributed by atoms with Crippen molar-refractivity contribution >= 4 is 17.4 Å². The Kier molecular flexibility index (Phi) is 4.08. The lowest BCUT2D eigenvalue weighted by Crippen LogP contribution is -2.29. The molecule has 0 saturated carbocycles. The molecule has 5 heteroatoms. The molecule has 2 aromatic rings.